The second-order valence-electron chi connectivity index (χ2n) is 6.88. The van der Waals surface area contributed by atoms with Crippen LogP contribution in [0.2, 0.25) is 0 Å². The molecule has 0 spiro atoms. The Hall–Kier alpha value is -1.72. The second kappa shape index (κ2) is 7.12. The number of benzene rings is 2. The van der Waals surface area contributed by atoms with Gasteiger partial charge in [0.25, 0.3) is 0 Å². The minimum atomic E-state index is 0.148. The molecule has 26 heavy (non-hydrogen) atoms. The lowest BCUT2D eigenvalue weighted by atomic mass is 9.80. The molecule has 0 unspecified atom stereocenters. The Bertz CT molecular complexity index is 823. The molecular formula is C21H24BrNO3. The summed E-state index contributed by atoms with van der Waals surface area (Å²) < 4.78 is 18.1. The van der Waals surface area contributed by atoms with Crippen LogP contribution in [-0.4, -0.2) is 20.8 Å². The average Bonchev–Trinajstić information content (AvgIpc) is 3.16. The molecule has 0 amide bonds. The molecule has 2 aliphatic rings. The standard InChI is InChI=1S/C21H24BrNO3/c1-4-12-5-6-17-15(9-12)20-14(7-8-26-20)19(23-17)13-10-16(22)21(25-3)18(11-13)24-2/h5-6,9-11,14,19-20,23H,4,7-8H2,1-3H3/t14-,19+,20-/m0/s1. The van der Waals surface area contributed by atoms with Gasteiger partial charge in [-0.1, -0.05) is 19.1 Å². The first-order valence-electron chi connectivity index (χ1n) is 9.08. The van der Waals surface area contributed by atoms with Crippen molar-refractivity contribution in [2.24, 2.45) is 5.92 Å². The summed E-state index contributed by atoms with van der Waals surface area (Å²) >= 11 is 3.62. The molecule has 0 bridgehead atoms. The summed E-state index contributed by atoms with van der Waals surface area (Å²) in [5.74, 6) is 1.86. The van der Waals surface area contributed by atoms with Gasteiger partial charge in [-0.25, -0.2) is 0 Å². The van der Waals surface area contributed by atoms with E-state index in [9.17, 15) is 0 Å². The van der Waals surface area contributed by atoms with Gasteiger partial charge in [0.2, 0.25) is 0 Å². The Morgan fingerprint density at radius 1 is 1.19 bits per heavy atom. The number of rotatable bonds is 4. The number of hydrogen-bond acceptors (Lipinski definition) is 4. The molecule has 0 aromatic heterocycles. The second-order valence-corrected chi connectivity index (χ2v) is 7.73. The number of halogens is 1. The first-order chi connectivity index (χ1) is 12.7. The van der Waals surface area contributed by atoms with Crippen molar-refractivity contribution in [3.05, 3.63) is 51.5 Å². The minimum absolute atomic E-state index is 0.148. The van der Waals surface area contributed by atoms with Crippen LogP contribution >= 0.6 is 15.9 Å². The van der Waals surface area contributed by atoms with Crippen LogP contribution in [-0.2, 0) is 11.2 Å². The van der Waals surface area contributed by atoms with Gasteiger partial charge in [0.05, 0.1) is 30.8 Å². The molecule has 4 rings (SSSR count). The van der Waals surface area contributed by atoms with Gasteiger partial charge in [-0.15, -0.1) is 0 Å². The quantitative estimate of drug-likeness (QED) is 0.734. The fourth-order valence-corrected chi connectivity index (χ4v) is 4.81. The van der Waals surface area contributed by atoms with Crippen LogP contribution in [0.3, 0.4) is 0 Å². The van der Waals surface area contributed by atoms with Crippen LogP contribution in [0.5, 0.6) is 11.5 Å². The molecular weight excluding hydrogens is 394 g/mol. The summed E-state index contributed by atoms with van der Waals surface area (Å²) in [4.78, 5) is 0. The number of ether oxygens (including phenoxy) is 3. The maximum absolute atomic E-state index is 6.16. The summed E-state index contributed by atoms with van der Waals surface area (Å²) in [6, 6.07) is 11.1. The molecule has 138 valence electrons. The molecule has 4 nitrogen and oxygen atoms in total. The van der Waals surface area contributed by atoms with Gasteiger partial charge in [0.1, 0.15) is 0 Å². The molecule has 2 heterocycles. The summed E-state index contributed by atoms with van der Waals surface area (Å²) in [5, 5.41) is 3.75. The van der Waals surface area contributed by atoms with Crippen molar-refractivity contribution in [2.75, 3.05) is 26.1 Å². The van der Waals surface area contributed by atoms with Crippen LogP contribution in [0.4, 0.5) is 5.69 Å². The third kappa shape index (κ3) is 2.87. The van der Waals surface area contributed by atoms with E-state index < -0.39 is 0 Å². The molecule has 2 aliphatic heterocycles. The van der Waals surface area contributed by atoms with Crippen LogP contribution in [0.25, 0.3) is 0 Å². The van der Waals surface area contributed by atoms with Crippen molar-refractivity contribution in [1.82, 2.24) is 0 Å². The Morgan fingerprint density at radius 2 is 2.04 bits per heavy atom. The Morgan fingerprint density at radius 3 is 2.77 bits per heavy atom. The molecule has 0 saturated carbocycles. The van der Waals surface area contributed by atoms with Gasteiger partial charge in [-0.2, -0.15) is 0 Å². The van der Waals surface area contributed by atoms with Gasteiger partial charge in [0, 0.05) is 23.8 Å². The van der Waals surface area contributed by atoms with Crippen molar-refractivity contribution in [3.63, 3.8) is 0 Å². The Labute approximate surface area is 163 Å². The summed E-state index contributed by atoms with van der Waals surface area (Å²) in [6.07, 6.45) is 2.23. The van der Waals surface area contributed by atoms with E-state index in [1.54, 1.807) is 14.2 Å². The Kier molecular flexibility index (Phi) is 4.84. The normalized spacial score (nSPS) is 23.8. The molecule has 1 N–H and O–H groups in total. The van der Waals surface area contributed by atoms with Crippen molar-refractivity contribution < 1.29 is 14.2 Å². The number of aryl methyl sites for hydroxylation is 1. The lowest BCUT2D eigenvalue weighted by Gasteiger charge is -2.37. The molecule has 1 saturated heterocycles. The average molecular weight is 418 g/mol. The minimum Gasteiger partial charge on any atom is -0.493 e. The lowest BCUT2D eigenvalue weighted by Crippen LogP contribution is -2.29. The number of methoxy groups -OCH3 is 2. The maximum atomic E-state index is 6.16. The molecule has 2 aromatic carbocycles. The van der Waals surface area contributed by atoms with Crippen LogP contribution in [0.1, 0.15) is 42.2 Å². The fraction of sp³-hybridized carbons (Fsp3) is 0.429. The lowest BCUT2D eigenvalue weighted by molar-refractivity contribution is 0.0828. The largest absolute Gasteiger partial charge is 0.493 e. The van der Waals surface area contributed by atoms with Gasteiger partial charge in [-0.3, -0.25) is 0 Å². The predicted octanol–water partition coefficient (Wildman–Crippen LogP) is 5.27. The molecule has 5 heteroatoms. The van der Waals surface area contributed by atoms with E-state index in [1.165, 1.54) is 22.4 Å². The topological polar surface area (TPSA) is 39.7 Å². The Balaban J connectivity index is 1.77. The number of hydrogen-bond donors (Lipinski definition) is 1. The number of fused-ring (bicyclic) bond motifs is 3. The first-order valence-corrected chi connectivity index (χ1v) is 9.88. The summed E-state index contributed by atoms with van der Waals surface area (Å²) in [6.45, 7) is 2.99. The third-order valence-corrected chi connectivity index (χ3v) is 6.11. The highest BCUT2D eigenvalue weighted by Gasteiger charge is 2.41. The SMILES string of the molecule is CCc1ccc2c(c1)[C@H]1OCC[C@H]1[C@@H](c1cc(Br)c(OC)c(OC)c1)N2. The van der Waals surface area contributed by atoms with E-state index in [-0.39, 0.29) is 12.1 Å². The zero-order valence-corrected chi connectivity index (χ0v) is 16.9. The van der Waals surface area contributed by atoms with Crippen molar-refractivity contribution in [3.8, 4) is 11.5 Å². The maximum Gasteiger partial charge on any atom is 0.174 e. The molecule has 0 aliphatic carbocycles. The highest BCUT2D eigenvalue weighted by Crippen LogP contribution is 2.51. The number of anilines is 1. The fourth-order valence-electron chi connectivity index (χ4n) is 4.19. The highest BCUT2D eigenvalue weighted by atomic mass is 79.9. The zero-order chi connectivity index (χ0) is 18.3. The smallest absolute Gasteiger partial charge is 0.174 e. The van der Waals surface area contributed by atoms with E-state index in [0.29, 0.717) is 5.92 Å². The monoisotopic (exact) mass is 417 g/mol. The first kappa shape index (κ1) is 17.7. The molecule has 3 atom stereocenters. The van der Waals surface area contributed by atoms with Gasteiger partial charge in [0.15, 0.2) is 11.5 Å². The predicted molar refractivity (Wildman–Crippen MR) is 106 cm³/mol. The van der Waals surface area contributed by atoms with Gasteiger partial charge >= 0.3 is 0 Å². The zero-order valence-electron chi connectivity index (χ0n) is 15.3. The molecule has 0 radical (unpaired) electrons. The number of nitrogens with one attached hydrogen (secondary N) is 1. The van der Waals surface area contributed by atoms with Gasteiger partial charge < -0.3 is 19.5 Å². The van der Waals surface area contributed by atoms with E-state index in [2.05, 4.69) is 58.5 Å². The third-order valence-electron chi connectivity index (χ3n) is 5.52. The molecule has 2 aromatic rings. The van der Waals surface area contributed by atoms with Crippen LogP contribution < -0.4 is 14.8 Å². The van der Waals surface area contributed by atoms with E-state index in [0.717, 1.165) is 35.4 Å². The van der Waals surface area contributed by atoms with Crippen LogP contribution in [0, 0.1) is 5.92 Å². The van der Waals surface area contributed by atoms with Crippen molar-refractivity contribution in [2.45, 2.75) is 31.9 Å². The van der Waals surface area contributed by atoms with E-state index in [1.807, 2.05) is 0 Å². The van der Waals surface area contributed by atoms with E-state index >= 15 is 0 Å². The van der Waals surface area contributed by atoms with Gasteiger partial charge in [-0.05, 0) is 58.1 Å². The van der Waals surface area contributed by atoms with Crippen molar-refractivity contribution >= 4 is 21.6 Å². The summed E-state index contributed by atoms with van der Waals surface area (Å²) in [5.41, 5.74) is 5.00. The summed E-state index contributed by atoms with van der Waals surface area (Å²) in [7, 11) is 3.33. The highest BCUT2D eigenvalue weighted by molar-refractivity contribution is 9.10. The van der Waals surface area contributed by atoms with E-state index in [4.69, 9.17) is 14.2 Å². The van der Waals surface area contributed by atoms with Crippen molar-refractivity contribution in [1.29, 1.82) is 0 Å². The van der Waals surface area contributed by atoms with Crippen LogP contribution in [0.15, 0.2) is 34.8 Å². The molecule has 1 fully saturated rings.